The van der Waals surface area contributed by atoms with Crippen LogP contribution >= 0.6 is 0 Å². The topological polar surface area (TPSA) is 102 Å². The van der Waals surface area contributed by atoms with E-state index in [-0.39, 0.29) is 6.61 Å². The highest BCUT2D eigenvalue weighted by Gasteiger charge is 2.35. The minimum absolute atomic E-state index is 0.216. The van der Waals surface area contributed by atoms with Gasteiger partial charge < -0.3 is 29.3 Å². The summed E-state index contributed by atoms with van der Waals surface area (Å²) in [4.78, 5) is 27.0. The fourth-order valence-electron chi connectivity index (χ4n) is 3.46. The molecule has 1 aliphatic heterocycles. The Morgan fingerprint density at radius 2 is 2.00 bits per heavy atom. The molecule has 2 N–H and O–H groups in total. The van der Waals surface area contributed by atoms with Gasteiger partial charge in [0.05, 0.1) is 32.7 Å². The number of methoxy groups -OCH3 is 2. The predicted molar refractivity (Wildman–Crippen MR) is 113 cm³/mol. The Labute approximate surface area is 180 Å². The molecule has 0 radical (unpaired) electrons. The number of hydrogen-bond acceptors (Lipinski definition) is 7. The number of likely N-dealkylation sites (N-methyl/N-ethyl adjacent to an activating group) is 1. The van der Waals surface area contributed by atoms with Gasteiger partial charge in [-0.05, 0) is 32.2 Å². The number of rotatable bonds is 9. The summed E-state index contributed by atoms with van der Waals surface area (Å²) in [5.41, 5.74) is 1.70. The number of nitrogens with one attached hydrogen (secondary N) is 2. The second-order valence-corrected chi connectivity index (χ2v) is 7.01. The molecular formula is C22H27N3O6. The highest BCUT2D eigenvalue weighted by atomic mass is 16.5. The van der Waals surface area contributed by atoms with E-state index in [1.807, 2.05) is 30.1 Å². The van der Waals surface area contributed by atoms with Gasteiger partial charge in [-0.2, -0.15) is 0 Å². The van der Waals surface area contributed by atoms with Crippen molar-refractivity contribution in [1.82, 2.24) is 15.5 Å². The molecule has 31 heavy (non-hydrogen) atoms. The monoisotopic (exact) mass is 429 g/mol. The number of benzene rings is 1. The van der Waals surface area contributed by atoms with E-state index in [0.717, 1.165) is 5.56 Å². The lowest BCUT2D eigenvalue weighted by Crippen LogP contribution is -2.48. The normalized spacial score (nSPS) is 16.0. The maximum Gasteiger partial charge on any atom is 0.338 e. The van der Waals surface area contributed by atoms with E-state index in [1.165, 1.54) is 6.26 Å². The van der Waals surface area contributed by atoms with Crippen molar-refractivity contribution in [3.8, 4) is 11.5 Å². The molecule has 1 unspecified atom stereocenters. The Morgan fingerprint density at radius 1 is 1.19 bits per heavy atom. The molecule has 166 valence electrons. The van der Waals surface area contributed by atoms with Gasteiger partial charge in [0.15, 0.2) is 0 Å². The lowest BCUT2D eigenvalue weighted by molar-refractivity contribution is -0.139. The number of carbonyl (C=O) groups excluding carboxylic acids is 2. The molecule has 2 aromatic rings. The number of urea groups is 1. The van der Waals surface area contributed by atoms with E-state index in [4.69, 9.17) is 18.6 Å². The van der Waals surface area contributed by atoms with Gasteiger partial charge in [0.2, 0.25) is 0 Å². The van der Waals surface area contributed by atoms with Crippen LogP contribution in [0.3, 0.4) is 0 Å². The lowest BCUT2D eigenvalue weighted by Gasteiger charge is -2.30. The van der Waals surface area contributed by atoms with Gasteiger partial charge in [0, 0.05) is 30.4 Å². The molecule has 9 nitrogen and oxygen atoms in total. The molecule has 1 aliphatic rings. The van der Waals surface area contributed by atoms with Crippen molar-refractivity contribution < 1.29 is 28.2 Å². The Hall–Kier alpha value is -3.46. The summed E-state index contributed by atoms with van der Waals surface area (Å²) >= 11 is 0. The molecule has 1 atom stereocenters. The third-order valence-electron chi connectivity index (χ3n) is 4.84. The van der Waals surface area contributed by atoms with Crippen molar-refractivity contribution in [3.05, 3.63) is 59.2 Å². The summed E-state index contributed by atoms with van der Waals surface area (Å²) < 4.78 is 21.4. The molecular weight excluding hydrogens is 402 g/mol. The standard InChI is InChI=1S/C22H27N3O6/c1-5-30-21(26)19-16(23-22(27)24-20(19)17-7-6-10-31-17)13-25(2)12-14-8-9-15(28-3)11-18(14)29-4/h6-11,20H,5,12-13H2,1-4H3,(H2,23,24,27). The van der Waals surface area contributed by atoms with Gasteiger partial charge in [-0.15, -0.1) is 0 Å². The molecule has 0 aliphatic carbocycles. The van der Waals surface area contributed by atoms with Crippen LogP contribution in [-0.4, -0.2) is 51.3 Å². The molecule has 2 heterocycles. The van der Waals surface area contributed by atoms with E-state index in [0.29, 0.717) is 41.6 Å². The Bertz CT molecular complexity index is 954. The number of furan rings is 1. The average Bonchev–Trinajstić information content (AvgIpc) is 3.28. The summed E-state index contributed by atoms with van der Waals surface area (Å²) in [7, 11) is 5.08. The zero-order valence-corrected chi connectivity index (χ0v) is 18.1. The van der Waals surface area contributed by atoms with E-state index in [1.54, 1.807) is 33.3 Å². The van der Waals surface area contributed by atoms with Crippen LogP contribution in [0.15, 0.2) is 52.3 Å². The smallest absolute Gasteiger partial charge is 0.338 e. The molecule has 0 saturated carbocycles. The molecule has 1 aromatic carbocycles. The van der Waals surface area contributed by atoms with Crippen LogP contribution in [0, 0.1) is 0 Å². The first-order valence-electron chi connectivity index (χ1n) is 9.87. The van der Waals surface area contributed by atoms with E-state index in [2.05, 4.69) is 10.6 Å². The van der Waals surface area contributed by atoms with Crippen LogP contribution in [0.25, 0.3) is 0 Å². The van der Waals surface area contributed by atoms with Crippen LogP contribution < -0.4 is 20.1 Å². The summed E-state index contributed by atoms with van der Waals surface area (Å²) in [6, 6.07) is 7.84. The molecule has 9 heteroatoms. The van der Waals surface area contributed by atoms with E-state index < -0.39 is 18.0 Å². The molecule has 0 spiro atoms. The van der Waals surface area contributed by atoms with Gasteiger partial charge in [-0.25, -0.2) is 9.59 Å². The van der Waals surface area contributed by atoms with E-state index >= 15 is 0 Å². The third-order valence-corrected chi connectivity index (χ3v) is 4.84. The highest BCUT2D eigenvalue weighted by Crippen LogP contribution is 2.29. The SMILES string of the molecule is CCOC(=O)C1=C(CN(C)Cc2ccc(OC)cc2OC)NC(=O)NC1c1ccco1. The fraction of sp³-hybridized carbons (Fsp3) is 0.364. The highest BCUT2D eigenvalue weighted by molar-refractivity contribution is 5.95. The third kappa shape index (κ3) is 5.18. The lowest BCUT2D eigenvalue weighted by atomic mass is 9.99. The van der Waals surface area contributed by atoms with Crippen LogP contribution in [0.2, 0.25) is 0 Å². The van der Waals surface area contributed by atoms with Crippen LogP contribution in [0.1, 0.15) is 24.3 Å². The molecule has 0 saturated heterocycles. The predicted octanol–water partition coefficient (Wildman–Crippen LogP) is 2.60. The average molecular weight is 429 g/mol. The number of amides is 2. The first-order chi connectivity index (χ1) is 15.0. The Morgan fingerprint density at radius 3 is 2.65 bits per heavy atom. The largest absolute Gasteiger partial charge is 0.497 e. The fourth-order valence-corrected chi connectivity index (χ4v) is 3.46. The van der Waals surface area contributed by atoms with Crippen molar-refractivity contribution >= 4 is 12.0 Å². The zero-order valence-electron chi connectivity index (χ0n) is 18.1. The molecule has 1 aromatic heterocycles. The molecule has 2 amide bonds. The van der Waals surface area contributed by atoms with Crippen molar-refractivity contribution in [2.45, 2.75) is 19.5 Å². The second kappa shape index (κ2) is 10.0. The van der Waals surface area contributed by atoms with Crippen LogP contribution in [-0.2, 0) is 16.1 Å². The van der Waals surface area contributed by atoms with Gasteiger partial charge in [0.1, 0.15) is 23.3 Å². The van der Waals surface area contributed by atoms with Crippen molar-refractivity contribution in [2.24, 2.45) is 0 Å². The molecule has 0 fully saturated rings. The quantitative estimate of drug-likeness (QED) is 0.591. The Balaban J connectivity index is 1.89. The number of hydrogen-bond donors (Lipinski definition) is 2. The van der Waals surface area contributed by atoms with Crippen LogP contribution in [0.5, 0.6) is 11.5 Å². The first-order valence-corrected chi connectivity index (χ1v) is 9.87. The van der Waals surface area contributed by atoms with E-state index in [9.17, 15) is 9.59 Å². The summed E-state index contributed by atoms with van der Waals surface area (Å²) in [6.07, 6.45) is 1.49. The number of ether oxygens (including phenoxy) is 3. The minimum atomic E-state index is -0.735. The number of esters is 1. The maximum absolute atomic E-state index is 12.8. The van der Waals surface area contributed by atoms with Crippen LogP contribution in [0.4, 0.5) is 4.79 Å². The molecule has 0 bridgehead atoms. The van der Waals surface area contributed by atoms with Gasteiger partial charge in [0.25, 0.3) is 0 Å². The number of carbonyl (C=O) groups is 2. The zero-order chi connectivity index (χ0) is 22.4. The number of nitrogens with zero attached hydrogens (tertiary/aromatic N) is 1. The summed E-state index contributed by atoms with van der Waals surface area (Å²) in [5.74, 6) is 1.33. The maximum atomic E-state index is 12.8. The van der Waals surface area contributed by atoms with Crippen molar-refractivity contribution in [1.29, 1.82) is 0 Å². The first kappa shape index (κ1) is 22.2. The molecule has 3 rings (SSSR count). The van der Waals surface area contributed by atoms with Gasteiger partial charge >= 0.3 is 12.0 Å². The van der Waals surface area contributed by atoms with Crippen molar-refractivity contribution in [2.75, 3.05) is 34.4 Å². The summed E-state index contributed by atoms with van der Waals surface area (Å²) in [5, 5.41) is 5.49. The summed E-state index contributed by atoms with van der Waals surface area (Å²) in [6.45, 7) is 2.76. The minimum Gasteiger partial charge on any atom is -0.497 e. The van der Waals surface area contributed by atoms with Gasteiger partial charge in [-0.1, -0.05) is 6.07 Å². The van der Waals surface area contributed by atoms with Gasteiger partial charge in [-0.3, -0.25) is 4.90 Å². The van der Waals surface area contributed by atoms with Crippen molar-refractivity contribution in [3.63, 3.8) is 0 Å². The second-order valence-electron chi connectivity index (χ2n) is 7.01. The Kier molecular flexibility index (Phi) is 7.19.